The number of hydrogen-bond donors (Lipinski definition) is 1. The van der Waals surface area contributed by atoms with Gasteiger partial charge in [0.1, 0.15) is 0 Å². The molecule has 2 nitrogen and oxygen atoms in total. The second-order valence-corrected chi connectivity index (χ2v) is 3.10. The summed E-state index contributed by atoms with van der Waals surface area (Å²) in [6.07, 6.45) is 0.888. The molecule has 0 aromatic carbocycles. The van der Waals surface area contributed by atoms with Crippen molar-refractivity contribution in [1.29, 1.82) is 0 Å². The van der Waals surface area contributed by atoms with Gasteiger partial charge in [0.25, 0.3) is 0 Å². The Kier molecular flexibility index (Phi) is 5.51. The van der Waals surface area contributed by atoms with Crippen LogP contribution in [0, 0.1) is 5.92 Å². The van der Waals surface area contributed by atoms with E-state index in [0.717, 1.165) is 19.5 Å². The predicted molar refractivity (Wildman–Crippen MR) is 48.6 cm³/mol. The van der Waals surface area contributed by atoms with E-state index in [4.69, 9.17) is 0 Å². The van der Waals surface area contributed by atoms with Crippen LogP contribution in [0.4, 0.5) is 0 Å². The molecule has 2 atom stereocenters. The Hall–Kier alpha value is -0.0800. The minimum absolute atomic E-state index is 0.0544. The van der Waals surface area contributed by atoms with Gasteiger partial charge in [0, 0.05) is 13.1 Å². The number of hydrogen-bond acceptors (Lipinski definition) is 2. The van der Waals surface area contributed by atoms with Gasteiger partial charge in [0.15, 0.2) is 0 Å². The minimum atomic E-state index is -0.0544. The second-order valence-electron chi connectivity index (χ2n) is 3.10. The Morgan fingerprint density at radius 2 is 1.91 bits per heavy atom. The van der Waals surface area contributed by atoms with Gasteiger partial charge >= 0.3 is 0 Å². The smallest absolute Gasteiger partial charge is 0.0590 e. The van der Waals surface area contributed by atoms with E-state index >= 15 is 0 Å². The first-order valence-corrected chi connectivity index (χ1v) is 4.57. The lowest BCUT2D eigenvalue weighted by Crippen LogP contribution is -2.39. The SMILES string of the molecule is CC.C[C@H]1CN(C)CCC1O. The normalized spacial score (nSPS) is 32.5. The summed E-state index contributed by atoms with van der Waals surface area (Å²) in [4.78, 5) is 2.26. The van der Waals surface area contributed by atoms with Crippen LogP contribution >= 0.6 is 0 Å². The maximum atomic E-state index is 9.27. The average molecular weight is 159 g/mol. The second kappa shape index (κ2) is 5.56. The summed E-state index contributed by atoms with van der Waals surface area (Å²) in [7, 11) is 2.10. The Bertz CT molecular complexity index is 95.6. The molecule has 0 spiro atoms. The van der Waals surface area contributed by atoms with Gasteiger partial charge < -0.3 is 10.0 Å². The van der Waals surface area contributed by atoms with Gasteiger partial charge in [-0.2, -0.15) is 0 Å². The molecule has 1 aliphatic heterocycles. The number of nitrogens with zero attached hydrogens (tertiary/aromatic N) is 1. The van der Waals surface area contributed by atoms with E-state index in [2.05, 4.69) is 18.9 Å². The number of rotatable bonds is 0. The van der Waals surface area contributed by atoms with Crippen molar-refractivity contribution < 1.29 is 5.11 Å². The molecule has 0 aliphatic carbocycles. The monoisotopic (exact) mass is 159 g/mol. The van der Waals surface area contributed by atoms with Crippen LogP contribution in [-0.4, -0.2) is 36.2 Å². The number of aliphatic hydroxyl groups is 1. The lowest BCUT2D eigenvalue weighted by molar-refractivity contribution is 0.0451. The Balaban J connectivity index is 0.000000461. The van der Waals surface area contributed by atoms with Crippen molar-refractivity contribution in [2.45, 2.75) is 33.3 Å². The minimum Gasteiger partial charge on any atom is -0.393 e. The molecule has 0 bridgehead atoms. The van der Waals surface area contributed by atoms with Crippen LogP contribution in [-0.2, 0) is 0 Å². The van der Waals surface area contributed by atoms with Gasteiger partial charge in [0.05, 0.1) is 6.10 Å². The van der Waals surface area contributed by atoms with E-state index in [1.54, 1.807) is 0 Å². The Labute approximate surface area is 70.2 Å². The average Bonchev–Trinajstić information content (AvgIpc) is 2.02. The fraction of sp³-hybridized carbons (Fsp3) is 1.00. The fourth-order valence-electron chi connectivity index (χ4n) is 1.34. The van der Waals surface area contributed by atoms with E-state index in [1.807, 2.05) is 13.8 Å². The Morgan fingerprint density at radius 1 is 1.36 bits per heavy atom. The van der Waals surface area contributed by atoms with Crippen LogP contribution < -0.4 is 0 Å². The molecule has 0 radical (unpaired) electrons. The van der Waals surface area contributed by atoms with Gasteiger partial charge in [-0.15, -0.1) is 0 Å². The summed E-state index contributed by atoms with van der Waals surface area (Å²) in [5.41, 5.74) is 0. The highest BCUT2D eigenvalue weighted by molar-refractivity contribution is 4.74. The summed E-state index contributed by atoms with van der Waals surface area (Å²) in [6.45, 7) is 8.19. The van der Waals surface area contributed by atoms with Gasteiger partial charge in [0.2, 0.25) is 0 Å². The highest BCUT2D eigenvalue weighted by Gasteiger charge is 2.21. The van der Waals surface area contributed by atoms with Gasteiger partial charge in [-0.25, -0.2) is 0 Å². The standard InChI is InChI=1S/C7H15NO.C2H6/c1-6-5-8(2)4-3-7(6)9;1-2/h6-7,9H,3-5H2,1-2H3;1-2H3/t6-,7?;/m0./s1. The fourth-order valence-corrected chi connectivity index (χ4v) is 1.34. The number of piperidine rings is 1. The maximum absolute atomic E-state index is 9.27. The molecule has 1 rings (SSSR count). The molecular weight excluding hydrogens is 138 g/mol. The van der Waals surface area contributed by atoms with Crippen LogP contribution in [0.1, 0.15) is 27.2 Å². The van der Waals surface area contributed by atoms with Crippen molar-refractivity contribution in [3.8, 4) is 0 Å². The van der Waals surface area contributed by atoms with E-state index < -0.39 is 0 Å². The van der Waals surface area contributed by atoms with Gasteiger partial charge in [-0.1, -0.05) is 20.8 Å². The van der Waals surface area contributed by atoms with E-state index in [9.17, 15) is 5.11 Å². The van der Waals surface area contributed by atoms with Crippen LogP contribution in [0.3, 0.4) is 0 Å². The zero-order chi connectivity index (χ0) is 8.85. The molecule has 1 saturated heterocycles. The van der Waals surface area contributed by atoms with E-state index in [0.29, 0.717) is 5.92 Å². The molecule has 0 amide bonds. The number of likely N-dealkylation sites (tertiary alicyclic amines) is 1. The third-order valence-corrected chi connectivity index (χ3v) is 2.06. The quantitative estimate of drug-likeness (QED) is 0.576. The van der Waals surface area contributed by atoms with Crippen molar-refractivity contribution in [3.63, 3.8) is 0 Å². The van der Waals surface area contributed by atoms with Crippen molar-refractivity contribution >= 4 is 0 Å². The van der Waals surface area contributed by atoms with Crippen LogP contribution in [0.5, 0.6) is 0 Å². The molecule has 1 unspecified atom stereocenters. The molecule has 0 aromatic rings. The first-order chi connectivity index (χ1) is 5.20. The summed E-state index contributed by atoms with van der Waals surface area (Å²) in [6, 6.07) is 0. The highest BCUT2D eigenvalue weighted by atomic mass is 16.3. The predicted octanol–water partition coefficient (Wildman–Crippen LogP) is 1.35. The van der Waals surface area contributed by atoms with Crippen LogP contribution in [0.25, 0.3) is 0 Å². The molecule has 1 fully saturated rings. The van der Waals surface area contributed by atoms with Crippen molar-refractivity contribution in [3.05, 3.63) is 0 Å². The van der Waals surface area contributed by atoms with Gasteiger partial charge in [-0.05, 0) is 19.4 Å². The molecule has 2 heteroatoms. The third kappa shape index (κ3) is 3.73. The first-order valence-electron chi connectivity index (χ1n) is 4.57. The number of aliphatic hydroxyl groups excluding tert-OH is 1. The van der Waals surface area contributed by atoms with Crippen LogP contribution in [0.2, 0.25) is 0 Å². The summed E-state index contributed by atoms with van der Waals surface area (Å²) < 4.78 is 0. The molecule has 1 heterocycles. The van der Waals surface area contributed by atoms with E-state index in [1.165, 1.54) is 0 Å². The molecule has 1 aliphatic rings. The van der Waals surface area contributed by atoms with Crippen molar-refractivity contribution in [1.82, 2.24) is 4.90 Å². The molecule has 0 saturated carbocycles. The zero-order valence-corrected chi connectivity index (χ0v) is 8.17. The molecular formula is C9H21NO. The van der Waals surface area contributed by atoms with E-state index in [-0.39, 0.29) is 6.10 Å². The largest absolute Gasteiger partial charge is 0.393 e. The summed E-state index contributed by atoms with van der Waals surface area (Å²) in [5, 5.41) is 9.27. The molecule has 1 N–H and O–H groups in total. The maximum Gasteiger partial charge on any atom is 0.0590 e. The van der Waals surface area contributed by atoms with Crippen LogP contribution in [0.15, 0.2) is 0 Å². The van der Waals surface area contributed by atoms with Crippen molar-refractivity contribution in [2.75, 3.05) is 20.1 Å². The highest BCUT2D eigenvalue weighted by Crippen LogP contribution is 2.14. The lowest BCUT2D eigenvalue weighted by atomic mass is 9.97. The molecule has 11 heavy (non-hydrogen) atoms. The summed E-state index contributed by atoms with van der Waals surface area (Å²) >= 11 is 0. The molecule has 68 valence electrons. The summed E-state index contributed by atoms with van der Waals surface area (Å²) in [5.74, 6) is 0.462. The lowest BCUT2D eigenvalue weighted by Gasteiger charge is -2.31. The zero-order valence-electron chi connectivity index (χ0n) is 8.17. The topological polar surface area (TPSA) is 23.5 Å². The Morgan fingerprint density at radius 3 is 2.27 bits per heavy atom. The van der Waals surface area contributed by atoms with Crippen molar-refractivity contribution in [2.24, 2.45) is 5.92 Å². The van der Waals surface area contributed by atoms with Gasteiger partial charge in [-0.3, -0.25) is 0 Å². The third-order valence-electron chi connectivity index (χ3n) is 2.06. The molecule has 0 aromatic heterocycles. The first kappa shape index (κ1) is 10.9.